The van der Waals surface area contributed by atoms with Crippen LogP contribution < -0.4 is 5.32 Å². The molecule has 6 nitrogen and oxygen atoms in total. The molecule has 0 spiro atoms. The number of nitrogens with one attached hydrogen (secondary N) is 2. The van der Waals surface area contributed by atoms with Crippen molar-refractivity contribution in [3.05, 3.63) is 95.4 Å². The Morgan fingerprint density at radius 3 is 2.73 bits per heavy atom. The molecule has 0 saturated carbocycles. The number of para-hydroxylation sites is 1. The number of benzene rings is 2. The fourth-order valence-electron chi connectivity index (χ4n) is 4.29. The lowest BCUT2D eigenvalue weighted by molar-refractivity contribution is -0.117. The van der Waals surface area contributed by atoms with Gasteiger partial charge < -0.3 is 15.2 Å². The van der Waals surface area contributed by atoms with Gasteiger partial charge in [-0.25, -0.2) is 0 Å². The lowest BCUT2D eigenvalue weighted by Crippen LogP contribution is -2.36. The average Bonchev–Trinajstić information content (AvgIpc) is 3.22. The Labute approximate surface area is 173 Å². The van der Waals surface area contributed by atoms with Gasteiger partial charge in [0.15, 0.2) is 0 Å². The van der Waals surface area contributed by atoms with Crippen molar-refractivity contribution in [1.29, 1.82) is 0 Å². The standard InChI is InChI=1S/C24H20N4O2/c1-15-22(19-10-4-5-11-20(19)26-15)23-17-8-2-3-9-18(17)24(30)28(23)14-21(29)27-16-7-6-12-25-13-16/h2-13,23,26H,14H2,1H3,(H,27,29). The Hall–Kier alpha value is -3.93. The van der Waals surface area contributed by atoms with Crippen molar-refractivity contribution in [2.75, 3.05) is 11.9 Å². The van der Waals surface area contributed by atoms with Gasteiger partial charge in [0.05, 0.1) is 17.9 Å². The molecule has 6 heteroatoms. The Morgan fingerprint density at radius 2 is 1.90 bits per heavy atom. The molecule has 1 atom stereocenters. The van der Waals surface area contributed by atoms with Gasteiger partial charge in [0.25, 0.3) is 5.91 Å². The van der Waals surface area contributed by atoms with E-state index in [1.165, 1.54) is 0 Å². The lowest BCUT2D eigenvalue weighted by atomic mass is 9.95. The van der Waals surface area contributed by atoms with Crippen LogP contribution in [-0.2, 0) is 4.79 Å². The molecule has 2 aromatic heterocycles. The van der Waals surface area contributed by atoms with Crippen LogP contribution in [0.5, 0.6) is 0 Å². The van der Waals surface area contributed by atoms with Crippen LogP contribution in [0.15, 0.2) is 73.1 Å². The van der Waals surface area contributed by atoms with Crippen LogP contribution >= 0.6 is 0 Å². The number of carbonyl (C=O) groups is 2. The first-order valence-electron chi connectivity index (χ1n) is 9.80. The number of nitrogens with zero attached hydrogens (tertiary/aromatic N) is 2. The molecule has 30 heavy (non-hydrogen) atoms. The number of H-pyrrole nitrogens is 1. The van der Waals surface area contributed by atoms with E-state index in [1.54, 1.807) is 29.4 Å². The highest BCUT2D eigenvalue weighted by Gasteiger charge is 2.40. The number of aryl methyl sites for hydroxylation is 1. The topological polar surface area (TPSA) is 78.1 Å². The molecule has 0 radical (unpaired) electrons. The molecule has 0 bridgehead atoms. The zero-order valence-corrected chi connectivity index (χ0v) is 16.4. The number of amides is 2. The molecule has 1 aliphatic rings. The van der Waals surface area contributed by atoms with Gasteiger partial charge in [0.1, 0.15) is 6.54 Å². The monoisotopic (exact) mass is 396 g/mol. The molecule has 0 aliphatic carbocycles. The fourth-order valence-corrected chi connectivity index (χ4v) is 4.29. The Balaban J connectivity index is 1.56. The fraction of sp³-hybridized carbons (Fsp3) is 0.125. The highest BCUT2D eigenvalue weighted by molar-refractivity contribution is 6.04. The van der Waals surface area contributed by atoms with E-state index in [2.05, 4.69) is 15.3 Å². The van der Waals surface area contributed by atoms with Crippen LogP contribution in [0.1, 0.15) is 33.2 Å². The van der Waals surface area contributed by atoms with Gasteiger partial charge in [-0.2, -0.15) is 0 Å². The average molecular weight is 396 g/mol. The molecule has 3 heterocycles. The zero-order valence-electron chi connectivity index (χ0n) is 16.4. The number of fused-ring (bicyclic) bond motifs is 2. The first kappa shape index (κ1) is 18.1. The Morgan fingerprint density at radius 1 is 1.10 bits per heavy atom. The molecule has 2 amide bonds. The third kappa shape index (κ3) is 2.93. The molecular weight excluding hydrogens is 376 g/mol. The third-order valence-electron chi connectivity index (χ3n) is 5.53. The molecule has 5 rings (SSSR count). The van der Waals surface area contributed by atoms with Crippen molar-refractivity contribution in [3.8, 4) is 0 Å². The van der Waals surface area contributed by atoms with Crippen LogP contribution in [0.4, 0.5) is 5.69 Å². The zero-order chi connectivity index (χ0) is 20.7. The van der Waals surface area contributed by atoms with Crippen LogP contribution in [0.25, 0.3) is 10.9 Å². The summed E-state index contributed by atoms with van der Waals surface area (Å²) >= 11 is 0. The van der Waals surface area contributed by atoms with Gasteiger partial charge in [0.2, 0.25) is 5.91 Å². The predicted octanol–water partition coefficient (Wildman–Crippen LogP) is 4.06. The number of hydrogen-bond acceptors (Lipinski definition) is 3. The highest BCUT2D eigenvalue weighted by Crippen LogP contribution is 2.42. The summed E-state index contributed by atoms with van der Waals surface area (Å²) < 4.78 is 0. The van der Waals surface area contributed by atoms with Crippen molar-refractivity contribution < 1.29 is 9.59 Å². The highest BCUT2D eigenvalue weighted by atomic mass is 16.2. The van der Waals surface area contributed by atoms with E-state index in [0.717, 1.165) is 27.7 Å². The molecule has 0 saturated heterocycles. The summed E-state index contributed by atoms with van der Waals surface area (Å²) in [5.74, 6) is -0.395. The number of aromatic nitrogens is 2. The Bertz CT molecular complexity index is 1260. The van der Waals surface area contributed by atoms with E-state index in [-0.39, 0.29) is 24.4 Å². The van der Waals surface area contributed by atoms with Gasteiger partial charge in [-0.05, 0) is 36.8 Å². The van der Waals surface area contributed by atoms with Crippen molar-refractivity contribution >= 4 is 28.4 Å². The van der Waals surface area contributed by atoms with Gasteiger partial charge in [-0.3, -0.25) is 14.6 Å². The summed E-state index contributed by atoms with van der Waals surface area (Å²) in [5, 5.41) is 3.89. The van der Waals surface area contributed by atoms with E-state index in [9.17, 15) is 9.59 Å². The SMILES string of the molecule is Cc1[nH]c2ccccc2c1C1c2ccccc2C(=O)N1CC(=O)Nc1cccnc1. The molecule has 2 aromatic carbocycles. The van der Waals surface area contributed by atoms with Crippen LogP contribution in [-0.4, -0.2) is 33.2 Å². The molecule has 1 unspecified atom stereocenters. The quantitative estimate of drug-likeness (QED) is 0.546. The largest absolute Gasteiger partial charge is 0.358 e. The molecule has 4 aromatic rings. The molecular formula is C24H20N4O2. The van der Waals surface area contributed by atoms with Crippen molar-refractivity contribution in [1.82, 2.24) is 14.9 Å². The van der Waals surface area contributed by atoms with Crippen molar-refractivity contribution in [3.63, 3.8) is 0 Å². The lowest BCUT2D eigenvalue weighted by Gasteiger charge is -2.25. The predicted molar refractivity (Wildman–Crippen MR) is 115 cm³/mol. The van der Waals surface area contributed by atoms with Crippen LogP contribution in [0.3, 0.4) is 0 Å². The summed E-state index contributed by atoms with van der Waals surface area (Å²) in [6.45, 7) is 1.96. The minimum Gasteiger partial charge on any atom is -0.358 e. The first-order chi connectivity index (χ1) is 14.6. The summed E-state index contributed by atoms with van der Waals surface area (Å²) in [4.78, 5) is 35.1. The molecule has 148 valence electrons. The van der Waals surface area contributed by atoms with E-state index >= 15 is 0 Å². The van der Waals surface area contributed by atoms with Gasteiger partial charge in [0, 0.05) is 33.9 Å². The second-order valence-electron chi connectivity index (χ2n) is 7.42. The van der Waals surface area contributed by atoms with Gasteiger partial charge >= 0.3 is 0 Å². The van der Waals surface area contributed by atoms with E-state index in [1.807, 2.05) is 55.5 Å². The normalized spacial score (nSPS) is 15.4. The number of carbonyl (C=O) groups excluding carboxylic acids is 2. The van der Waals surface area contributed by atoms with Crippen LogP contribution in [0.2, 0.25) is 0 Å². The minimum atomic E-state index is -0.329. The number of rotatable bonds is 4. The maximum Gasteiger partial charge on any atom is 0.255 e. The van der Waals surface area contributed by atoms with Crippen molar-refractivity contribution in [2.24, 2.45) is 0 Å². The Kier molecular flexibility index (Phi) is 4.32. The second kappa shape index (κ2) is 7.15. The van der Waals surface area contributed by atoms with Crippen molar-refractivity contribution in [2.45, 2.75) is 13.0 Å². The van der Waals surface area contributed by atoms with Gasteiger partial charge in [-0.15, -0.1) is 0 Å². The van der Waals surface area contributed by atoms with E-state index in [4.69, 9.17) is 0 Å². The maximum absolute atomic E-state index is 13.3. The van der Waals surface area contributed by atoms with Crippen LogP contribution in [0, 0.1) is 6.92 Å². The number of aromatic amines is 1. The summed E-state index contributed by atoms with van der Waals surface area (Å²) in [5.41, 5.74) is 5.19. The molecule has 1 aliphatic heterocycles. The number of pyridine rings is 1. The number of anilines is 1. The summed E-state index contributed by atoms with van der Waals surface area (Å²) in [6, 6.07) is 18.8. The van der Waals surface area contributed by atoms with Gasteiger partial charge in [-0.1, -0.05) is 36.4 Å². The van der Waals surface area contributed by atoms with E-state index < -0.39 is 0 Å². The molecule has 2 N–H and O–H groups in total. The van der Waals surface area contributed by atoms with E-state index in [0.29, 0.717) is 11.3 Å². The first-order valence-corrected chi connectivity index (χ1v) is 9.80. The minimum absolute atomic E-state index is 0.0496. The number of hydrogen-bond donors (Lipinski definition) is 2. The summed E-state index contributed by atoms with van der Waals surface area (Å²) in [7, 11) is 0. The summed E-state index contributed by atoms with van der Waals surface area (Å²) in [6.07, 6.45) is 3.23. The maximum atomic E-state index is 13.3. The smallest absolute Gasteiger partial charge is 0.255 e. The third-order valence-corrected chi connectivity index (χ3v) is 5.53. The molecule has 0 fully saturated rings. The second-order valence-corrected chi connectivity index (χ2v) is 7.42.